The van der Waals surface area contributed by atoms with Gasteiger partial charge in [-0.05, 0) is 23.3 Å². The van der Waals surface area contributed by atoms with Gasteiger partial charge in [-0.1, -0.05) is 42.5 Å². The third-order valence-corrected chi connectivity index (χ3v) is 2.82. The number of nitrogens with one attached hydrogen (secondary N) is 1. The van der Waals surface area contributed by atoms with Crippen molar-refractivity contribution in [2.24, 2.45) is 0 Å². The van der Waals surface area contributed by atoms with E-state index in [1.54, 1.807) is 14.2 Å². The van der Waals surface area contributed by atoms with Gasteiger partial charge in [0.1, 0.15) is 5.75 Å². The molecule has 3 nitrogen and oxygen atoms in total. The fourth-order valence-corrected chi connectivity index (χ4v) is 1.89. The first kappa shape index (κ1) is 12.6. The number of hydrogen-bond donors (Lipinski definition) is 1. The summed E-state index contributed by atoms with van der Waals surface area (Å²) in [5.74, 6) is 0.850. The summed E-state index contributed by atoms with van der Waals surface area (Å²) < 4.78 is 5.16. The number of benzene rings is 2. The molecule has 0 aliphatic rings. The molecular weight excluding hydrogens is 226 g/mol. The highest BCUT2D eigenvalue weighted by atomic mass is 16.6. The molecule has 0 amide bonds. The van der Waals surface area contributed by atoms with Crippen LogP contribution >= 0.6 is 0 Å². The second-order valence-corrected chi connectivity index (χ2v) is 3.94. The van der Waals surface area contributed by atoms with E-state index in [2.05, 4.69) is 17.6 Å². The van der Waals surface area contributed by atoms with E-state index < -0.39 is 0 Å². The summed E-state index contributed by atoms with van der Waals surface area (Å²) in [6, 6.07) is 18.1. The van der Waals surface area contributed by atoms with E-state index in [4.69, 9.17) is 9.57 Å². The third-order valence-electron chi connectivity index (χ3n) is 2.82. The van der Waals surface area contributed by atoms with Crippen LogP contribution in [0.3, 0.4) is 0 Å². The topological polar surface area (TPSA) is 30.5 Å². The van der Waals surface area contributed by atoms with Gasteiger partial charge in [0, 0.05) is 0 Å². The number of methoxy groups -OCH3 is 1. The summed E-state index contributed by atoms with van der Waals surface area (Å²) in [4.78, 5) is 5.09. The van der Waals surface area contributed by atoms with Crippen LogP contribution in [-0.2, 0) is 4.84 Å². The monoisotopic (exact) mass is 243 g/mol. The zero-order valence-electron chi connectivity index (χ0n) is 10.6. The van der Waals surface area contributed by atoms with Crippen molar-refractivity contribution >= 4 is 0 Å². The highest BCUT2D eigenvalue weighted by molar-refractivity contribution is 5.35. The Hall–Kier alpha value is -1.84. The maximum atomic E-state index is 5.16. The zero-order chi connectivity index (χ0) is 12.8. The largest absolute Gasteiger partial charge is 0.497 e. The molecule has 94 valence electrons. The van der Waals surface area contributed by atoms with Gasteiger partial charge >= 0.3 is 0 Å². The van der Waals surface area contributed by atoms with E-state index >= 15 is 0 Å². The van der Waals surface area contributed by atoms with Gasteiger partial charge in [0.15, 0.2) is 0 Å². The van der Waals surface area contributed by atoms with Crippen molar-refractivity contribution in [3.63, 3.8) is 0 Å². The molecule has 18 heavy (non-hydrogen) atoms. The van der Waals surface area contributed by atoms with Gasteiger partial charge in [-0.3, -0.25) is 0 Å². The Morgan fingerprint density at radius 3 is 2.00 bits per heavy atom. The molecule has 2 rings (SSSR count). The summed E-state index contributed by atoms with van der Waals surface area (Å²) in [6.45, 7) is 0. The third kappa shape index (κ3) is 2.88. The molecule has 2 aromatic carbocycles. The molecule has 0 fully saturated rings. The Kier molecular flexibility index (Phi) is 4.34. The van der Waals surface area contributed by atoms with Crippen LogP contribution in [0.15, 0.2) is 54.6 Å². The fraction of sp³-hybridized carbons (Fsp3) is 0.200. The Morgan fingerprint density at radius 2 is 1.44 bits per heavy atom. The lowest BCUT2D eigenvalue weighted by Gasteiger charge is -2.18. The Labute approximate surface area is 107 Å². The van der Waals surface area contributed by atoms with Gasteiger partial charge in [0.25, 0.3) is 0 Å². The molecule has 0 saturated carbocycles. The summed E-state index contributed by atoms with van der Waals surface area (Å²) >= 11 is 0. The second-order valence-electron chi connectivity index (χ2n) is 3.94. The molecule has 0 heterocycles. The van der Waals surface area contributed by atoms with Crippen LogP contribution in [0.25, 0.3) is 0 Å². The quantitative estimate of drug-likeness (QED) is 0.819. The van der Waals surface area contributed by atoms with Gasteiger partial charge in [-0.2, -0.15) is 5.48 Å². The molecule has 2 aromatic rings. The lowest BCUT2D eigenvalue weighted by atomic mass is 9.99. The summed E-state index contributed by atoms with van der Waals surface area (Å²) in [5, 5.41) is 0. The van der Waals surface area contributed by atoms with E-state index in [1.807, 2.05) is 42.5 Å². The van der Waals surface area contributed by atoms with Crippen LogP contribution in [0, 0.1) is 0 Å². The van der Waals surface area contributed by atoms with E-state index in [9.17, 15) is 0 Å². The van der Waals surface area contributed by atoms with Crippen LogP contribution < -0.4 is 10.2 Å². The van der Waals surface area contributed by atoms with Crippen molar-refractivity contribution in [3.05, 3.63) is 65.7 Å². The summed E-state index contributed by atoms with van der Waals surface area (Å²) in [6.07, 6.45) is 0. The van der Waals surface area contributed by atoms with E-state index in [-0.39, 0.29) is 6.04 Å². The van der Waals surface area contributed by atoms with Crippen molar-refractivity contribution in [1.82, 2.24) is 5.48 Å². The van der Waals surface area contributed by atoms with Crippen molar-refractivity contribution in [2.75, 3.05) is 14.2 Å². The molecule has 0 saturated heterocycles. The van der Waals surface area contributed by atoms with Crippen LogP contribution in [0.1, 0.15) is 17.2 Å². The first-order chi connectivity index (χ1) is 8.85. The molecule has 0 aliphatic heterocycles. The molecule has 1 unspecified atom stereocenters. The Bertz CT molecular complexity index is 468. The van der Waals surface area contributed by atoms with E-state index in [1.165, 1.54) is 0 Å². The zero-order valence-corrected chi connectivity index (χ0v) is 10.6. The molecule has 1 atom stereocenters. The van der Waals surface area contributed by atoms with Gasteiger partial charge in [-0.15, -0.1) is 0 Å². The number of hydroxylamine groups is 1. The van der Waals surface area contributed by atoms with Crippen molar-refractivity contribution in [2.45, 2.75) is 6.04 Å². The molecule has 0 radical (unpaired) electrons. The Morgan fingerprint density at radius 1 is 0.833 bits per heavy atom. The van der Waals surface area contributed by atoms with E-state index in [0.717, 1.165) is 16.9 Å². The molecular formula is C15H17NO2. The van der Waals surface area contributed by atoms with Crippen molar-refractivity contribution in [1.29, 1.82) is 0 Å². The minimum absolute atomic E-state index is 0.0158. The molecule has 0 aromatic heterocycles. The van der Waals surface area contributed by atoms with Crippen molar-refractivity contribution < 1.29 is 9.57 Å². The van der Waals surface area contributed by atoms with Crippen LogP contribution in [-0.4, -0.2) is 14.2 Å². The van der Waals surface area contributed by atoms with Gasteiger partial charge in [-0.25, -0.2) is 0 Å². The smallest absolute Gasteiger partial charge is 0.118 e. The highest BCUT2D eigenvalue weighted by Gasteiger charge is 2.13. The molecule has 1 N–H and O–H groups in total. The lowest BCUT2D eigenvalue weighted by Crippen LogP contribution is -2.21. The number of rotatable bonds is 5. The van der Waals surface area contributed by atoms with Crippen LogP contribution in [0.4, 0.5) is 0 Å². The van der Waals surface area contributed by atoms with Crippen LogP contribution in [0.5, 0.6) is 5.75 Å². The minimum atomic E-state index is 0.0158. The minimum Gasteiger partial charge on any atom is -0.497 e. The molecule has 3 heteroatoms. The summed E-state index contributed by atoms with van der Waals surface area (Å²) in [5.41, 5.74) is 5.30. The maximum Gasteiger partial charge on any atom is 0.118 e. The van der Waals surface area contributed by atoms with E-state index in [0.29, 0.717) is 0 Å². The average molecular weight is 243 g/mol. The average Bonchev–Trinajstić information content (AvgIpc) is 2.46. The number of ether oxygens (including phenoxy) is 1. The predicted octanol–water partition coefficient (Wildman–Crippen LogP) is 2.94. The van der Waals surface area contributed by atoms with Gasteiger partial charge in [0.2, 0.25) is 0 Å². The summed E-state index contributed by atoms with van der Waals surface area (Å²) in [7, 11) is 3.29. The molecule has 0 bridgehead atoms. The predicted molar refractivity (Wildman–Crippen MR) is 71.4 cm³/mol. The van der Waals surface area contributed by atoms with Gasteiger partial charge in [0.05, 0.1) is 20.3 Å². The van der Waals surface area contributed by atoms with Gasteiger partial charge < -0.3 is 9.57 Å². The SMILES string of the molecule is CONC(c1ccccc1)c1ccc(OC)cc1. The first-order valence-electron chi connectivity index (χ1n) is 5.82. The second kappa shape index (κ2) is 6.19. The highest BCUT2D eigenvalue weighted by Crippen LogP contribution is 2.23. The fourth-order valence-electron chi connectivity index (χ4n) is 1.89. The standard InChI is InChI=1S/C15H17NO2/c1-17-14-10-8-13(9-11-14)15(16-18-2)12-6-4-3-5-7-12/h3-11,15-16H,1-2H3. The van der Waals surface area contributed by atoms with Crippen LogP contribution in [0.2, 0.25) is 0 Å². The first-order valence-corrected chi connectivity index (χ1v) is 5.82. The number of hydrogen-bond acceptors (Lipinski definition) is 3. The van der Waals surface area contributed by atoms with Crippen molar-refractivity contribution in [3.8, 4) is 5.75 Å². The normalized spacial score (nSPS) is 12.1. The molecule has 0 spiro atoms. The Balaban J connectivity index is 2.29. The lowest BCUT2D eigenvalue weighted by molar-refractivity contribution is 0.0716. The maximum absolute atomic E-state index is 5.16. The molecule has 0 aliphatic carbocycles.